The summed E-state index contributed by atoms with van der Waals surface area (Å²) in [6, 6.07) is 9.26. The third-order valence-electron chi connectivity index (χ3n) is 2.79. The maximum atomic E-state index is 9.21. The van der Waals surface area contributed by atoms with Gasteiger partial charge in [-0.05, 0) is 12.1 Å². The SMILES string of the molecule is COc1cccc(-c2ccnc(N)c2C#N)c1OC. The van der Waals surface area contributed by atoms with Gasteiger partial charge in [-0.2, -0.15) is 5.26 Å². The van der Waals surface area contributed by atoms with Gasteiger partial charge in [-0.25, -0.2) is 4.98 Å². The number of hydrogen-bond acceptors (Lipinski definition) is 5. The number of nitrogens with two attached hydrogens (primary N) is 1. The van der Waals surface area contributed by atoms with Crippen LogP contribution >= 0.6 is 0 Å². The van der Waals surface area contributed by atoms with Crippen molar-refractivity contribution in [3.8, 4) is 28.7 Å². The van der Waals surface area contributed by atoms with Gasteiger partial charge in [-0.1, -0.05) is 12.1 Å². The first-order valence-corrected chi connectivity index (χ1v) is 5.58. The molecule has 0 aliphatic carbocycles. The number of pyridine rings is 1. The molecule has 1 heterocycles. The predicted octanol–water partition coefficient (Wildman–Crippen LogP) is 2.22. The summed E-state index contributed by atoms with van der Waals surface area (Å²) < 4.78 is 10.6. The molecule has 19 heavy (non-hydrogen) atoms. The van der Waals surface area contributed by atoms with Crippen molar-refractivity contribution in [3.05, 3.63) is 36.0 Å². The Bertz CT molecular complexity index is 648. The van der Waals surface area contributed by atoms with Crippen molar-refractivity contribution >= 4 is 5.82 Å². The van der Waals surface area contributed by atoms with Crippen molar-refractivity contribution in [2.24, 2.45) is 0 Å². The first-order valence-electron chi connectivity index (χ1n) is 5.58. The second-order valence-electron chi connectivity index (χ2n) is 3.77. The lowest BCUT2D eigenvalue weighted by Crippen LogP contribution is -1.99. The van der Waals surface area contributed by atoms with Crippen LogP contribution in [0.15, 0.2) is 30.5 Å². The van der Waals surface area contributed by atoms with E-state index >= 15 is 0 Å². The number of rotatable bonds is 3. The number of benzene rings is 1. The highest BCUT2D eigenvalue weighted by Crippen LogP contribution is 2.39. The summed E-state index contributed by atoms with van der Waals surface area (Å²) in [7, 11) is 3.12. The molecule has 1 aromatic heterocycles. The van der Waals surface area contributed by atoms with Gasteiger partial charge >= 0.3 is 0 Å². The number of anilines is 1. The largest absolute Gasteiger partial charge is 0.493 e. The van der Waals surface area contributed by atoms with Crippen LogP contribution in [0, 0.1) is 11.3 Å². The molecule has 0 bridgehead atoms. The van der Waals surface area contributed by atoms with Gasteiger partial charge in [0, 0.05) is 17.3 Å². The highest BCUT2D eigenvalue weighted by atomic mass is 16.5. The molecule has 0 saturated heterocycles. The number of nitrogens with zero attached hydrogens (tertiary/aromatic N) is 2. The zero-order valence-electron chi connectivity index (χ0n) is 10.7. The zero-order valence-corrected chi connectivity index (χ0v) is 10.7. The Kier molecular flexibility index (Phi) is 3.53. The summed E-state index contributed by atoms with van der Waals surface area (Å²) in [6.45, 7) is 0. The minimum atomic E-state index is 0.199. The van der Waals surface area contributed by atoms with E-state index < -0.39 is 0 Å². The maximum Gasteiger partial charge on any atom is 0.168 e. The molecule has 0 amide bonds. The van der Waals surface area contributed by atoms with Gasteiger partial charge in [0.15, 0.2) is 11.5 Å². The van der Waals surface area contributed by atoms with Crippen LogP contribution in [0.3, 0.4) is 0 Å². The maximum absolute atomic E-state index is 9.21. The lowest BCUT2D eigenvalue weighted by Gasteiger charge is -2.13. The summed E-state index contributed by atoms with van der Waals surface area (Å²) in [5.74, 6) is 1.36. The van der Waals surface area contributed by atoms with Crippen molar-refractivity contribution < 1.29 is 9.47 Å². The fraction of sp³-hybridized carbons (Fsp3) is 0.143. The topological polar surface area (TPSA) is 81.2 Å². The second-order valence-corrected chi connectivity index (χ2v) is 3.77. The monoisotopic (exact) mass is 255 g/mol. The van der Waals surface area contributed by atoms with E-state index in [1.165, 1.54) is 0 Å². The van der Waals surface area contributed by atoms with E-state index in [0.29, 0.717) is 22.6 Å². The zero-order chi connectivity index (χ0) is 13.8. The van der Waals surface area contributed by atoms with E-state index in [0.717, 1.165) is 5.56 Å². The Labute approximate surface area is 111 Å². The molecule has 0 unspecified atom stereocenters. The Morgan fingerprint density at radius 2 is 1.95 bits per heavy atom. The molecule has 0 atom stereocenters. The molecule has 5 heteroatoms. The van der Waals surface area contributed by atoms with Crippen LogP contribution in [0.4, 0.5) is 5.82 Å². The van der Waals surface area contributed by atoms with Gasteiger partial charge in [-0.15, -0.1) is 0 Å². The van der Waals surface area contributed by atoms with Crippen LogP contribution in [0.25, 0.3) is 11.1 Å². The number of aromatic nitrogens is 1. The van der Waals surface area contributed by atoms with Crippen LogP contribution in [0.1, 0.15) is 5.56 Å². The molecule has 0 aliphatic heterocycles. The lowest BCUT2D eigenvalue weighted by atomic mass is 10.0. The number of ether oxygens (including phenoxy) is 2. The fourth-order valence-corrected chi connectivity index (χ4v) is 1.92. The molecular formula is C14H13N3O2. The standard InChI is InChI=1S/C14H13N3O2/c1-18-12-5-3-4-10(13(12)19-2)9-6-7-17-14(16)11(9)8-15/h3-7H,1-2H3,(H2,16,17). The highest BCUT2D eigenvalue weighted by Gasteiger charge is 2.16. The third kappa shape index (κ3) is 2.16. The number of nitriles is 1. The lowest BCUT2D eigenvalue weighted by molar-refractivity contribution is 0.356. The predicted molar refractivity (Wildman–Crippen MR) is 71.9 cm³/mol. The number of nitrogen functional groups attached to an aromatic ring is 1. The molecule has 0 spiro atoms. The number of methoxy groups -OCH3 is 2. The third-order valence-corrected chi connectivity index (χ3v) is 2.79. The summed E-state index contributed by atoms with van der Waals surface area (Å²) in [5.41, 5.74) is 7.47. The molecule has 1 aromatic carbocycles. The quantitative estimate of drug-likeness (QED) is 0.909. The van der Waals surface area contributed by atoms with E-state index in [1.807, 2.05) is 12.1 Å². The van der Waals surface area contributed by atoms with Crippen LogP contribution in [0.5, 0.6) is 11.5 Å². The van der Waals surface area contributed by atoms with Crippen LogP contribution < -0.4 is 15.2 Å². The molecule has 2 N–H and O–H groups in total. The Morgan fingerprint density at radius 3 is 2.58 bits per heavy atom. The average Bonchev–Trinajstić information content (AvgIpc) is 2.45. The van der Waals surface area contributed by atoms with Crippen molar-refractivity contribution in [1.82, 2.24) is 4.98 Å². The Hall–Kier alpha value is -2.74. The van der Waals surface area contributed by atoms with Gasteiger partial charge in [0.25, 0.3) is 0 Å². The molecule has 0 fully saturated rings. The summed E-state index contributed by atoms with van der Waals surface area (Å²) >= 11 is 0. The smallest absolute Gasteiger partial charge is 0.168 e. The van der Waals surface area contributed by atoms with Gasteiger partial charge in [0.1, 0.15) is 17.5 Å². The van der Waals surface area contributed by atoms with E-state index in [4.69, 9.17) is 15.2 Å². The average molecular weight is 255 g/mol. The molecule has 0 aliphatic rings. The molecule has 96 valence electrons. The summed E-state index contributed by atoms with van der Waals surface area (Å²) in [6.07, 6.45) is 1.56. The highest BCUT2D eigenvalue weighted by molar-refractivity contribution is 5.80. The van der Waals surface area contributed by atoms with Crippen molar-refractivity contribution in [1.29, 1.82) is 5.26 Å². The first kappa shape index (κ1) is 12.7. The van der Waals surface area contributed by atoms with Crippen molar-refractivity contribution in [2.45, 2.75) is 0 Å². The van der Waals surface area contributed by atoms with Crippen molar-refractivity contribution in [2.75, 3.05) is 20.0 Å². The van der Waals surface area contributed by atoms with Gasteiger partial charge in [0.05, 0.1) is 14.2 Å². The van der Waals surface area contributed by atoms with Crippen molar-refractivity contribution in [3.63, 3.8) is 0 Å². The van der Waals surface area contributed by atoms with E-state index in [1.54, 1.807) is 32.5 Å². The summed E-state index contributed by atoms with van der Waals surface area (Å²) in [4.78, 5) is 3.92. The normalized spacial score (nSPS) is 9.74. The number of para-hydroxylation sites is 1. The first-order chi connectivity index (χ1) is 9.22. The van der Waals surface area contributed by atoms with E-state index in [2.05, 4.69) is 11.1 Å². The minimum Gasteiger partial charge on any atom is -0.493 e. The molecule has 0 saturated carbocycles. The fourth-order valence-electron chi connectivity index (χ4n) is 1.92. The number of hydrogen-bond donors (Lipinski definition) is 1. The van der Waals surface area contributed by atoms with Gasteiger partial charge in [0.2, 0.25) is 0 Å². The van der Waals surface area contributed by atoms with E-state index in [-0.39, 0.29) is 5.82 Å². The molecule has 5 nitrogen and oxygen atoms in total. The molecule has 2 rings (SSSR count). The van der Waals surface area contributed by atoms with Crippen LogP contribution in [0.2, 0.25) is 0 Å². The Balaban J connectivity index is 2.73. The molecular weight excluding hydrogens is 242 g/mol. The second kappa shape index (κ2) is 5.27. The molecule has 0 radical (unpaired) electrons. The minimum absolute atomic E-state index is 0.199. The van der Waals surface area contributed by atoms with Crippen LogP contribution in [-0.2, 0) is 0 Å². The van der Waals surface area contributed by atoms with Crippen LogP contribution in [-0.4, -0.2) is 19.2 Å². The Morgan fingerprint density at radius 1 is 1.16 bits per heavy atom. The molecule has 2 aromatic rings. The summed E-state index contributed by atoms with van der Waals surface area (Å²) in [5, 5.41) is 9.21. The van der Waals surface area contributed by atoms with Gasteiger partial charge < -0.3 is 15.2 Å². The van der Waals surface area contributed by atoms with Gasteiger partial charge in [-0.3, -0.25) is 0 Å². The van der Waals surface area contributed by atoms with E-state index in [9.17, 15) is 5.26 Å².